The topological polar surface area (TPSA) is 33.3 Å². The van der Waals surface area contributed by atoms with Gasteiger partial charge in [0.1, 0.15) is 5.75 Å². The Morgan fingerprint density at radius 2 is 1.94 bits per heavy atom. The van der Waals surface area contributed by atoms with E-state index in [0.717, 1.165) is 44.1 Å². The van der Waals surface area contributed by atoms with E-state index in [0.29, 0.717) is 0 Å². The van der Waals surface area contributed by atoms with E-state index in [-0.39, 0.29) is 0 Å². The molecule has 0 aliphatic rings. The zero-order chi connectivity index (χ0) is 13.1. The summed E-state index contributed by atoms with van der Waals surface area (Å²) >= 11 is 0. The monoisotopic (exact) mass is 250 g/mol. The van der Waals surface area contributed by atoms with Crippen LogP contribution in [0.5, 0.6) is 5.75 Å². The molecule has 0 aliphatic heterocycles. The van der Waals surface area contributed by atoms with Crippen molar-refractivity contribution in [2.75, 3.05) is 31.6 Å². The van der Waals surface area contributed by atoms with Gasteiger partial charge in [-0.05, 0) is 31.5 Å². The summed E-state index contributed by atoms with van der Waals surface area (Å²) in [6, 6.07) is 8.18. The number of nitrogens with one attached hydrogen (secondary N) is 2. The van der Waals surface area contributed by atoms with Crippen molar-refractivity contribution in [2.45, 2.75) is 33.1 Å². The Morgan fingerprint density at radius 3 is 2.72 bits per heavy atom. The molecule has 0 saturated heterocycles. The average Bonchev–Trinajstić information content (AvgIpc) is 2.39. The Balaban J connectivity index is 2.26. The van der Waals surface area contributed by atoms with Crippen LogP contribution in [-0.2, 0) is 0 Å². The fourth-order valence-electron chi connectivity index (χ4n) is 1.63. The second kappa shape index (κ2) is 9.77. The number of unbranched alkanes of at least 4 members (excludes halogenated alkanes) is 1. The van der Waals surface area contributed by atoms with Gasteiger partial charge in [-0.1, -0.05) is 26.3 Å². The predicted molar refractivity (Wildman–Crippen MR) is 78.5 cm³/mol. The highest BCUT2D eigenvalue weighted by Crippen LogP contribution is 2.17. The molecule has 0 spiro atoms. The minimum Gasteiger partial charge on any atom is -0.494 e. The fourth-order valence-corrected chi connectivity index (χ4v) is 1.63. The van der Waals surface area contributed by atoms with Gasteiger partial charge in [0.25, 0.3) is 0 Å². The molecule has 102 valence electrons. The van der Waals surface area contributed by atoms with Gasteiger partial charge in [-0.15, -0.1) is 0 Å². The van der Waals surface area contributed by atoms with Gasteiger partial charge in [0, 0.05) is 24.8 Å². The summed E-state index contributed by atoms with van der Waals surface area (Å²) < 4.78 is 5.68. The first-order chi connectivity index (χ1) is 8.86. The zero-order valence-electron chi connectivity index (χ0n) is 11.7. The highest BCUT2D eigenvalue weighted by atomic mass is 16.5. The SMILES string of the molecule is CCCCOc1cccc(NCCNCCC)c1. The minimum absolute atomic E-state index is 0.804. The Bertz CT molecular complexity index is 315. The molecule has 0 heterocycles. The summed E-state index contributed by atoms with van der Waals surface area (Å²) in [6.07, 6.45) is 3.46. The second-order valence-electron chi connectivity index (χ2n) is 4.41. The summed E-state index contributed by atoms with van der Waals surface area (Å²) in [5, 5.41) is 6.76. The van der Waals surface area contributed by atoms with Crippen LogP contribution < -0.4 is 15.4 Å². The van der Waals surface area contributed by atoms with Crippen molar-refractivity contribution < 1.29 is 4.74 Å². The molecule has 0 saturated carbocycles. The summed E-state index contributed by atoms with van der Waals surface area (Å²) in [7, 11) is 0. The van der Waals surface area contributed by atoms with Gasteiger partial charge in [-0.3, -0.25) is 0 Å². The van der Waals surface area contributed by atoms with Crippen LogP contribution in [0.3, 0.4) is 0 Å². The smallest absolute Gasteiger partial charge is 0.121 e. The third-order valence-electron chi connectivity index (χ3n) is 2.66. The number of rotatable bonds is 10. The van der Waals surface area contributed by atoms with Crippen molar-refractivity contribution in [2.24, 2.45) is 0 Å². The average molecular weight is 250 g/mol. The van der Waals surface area contributed by atoms with Crippen molar-refractivity contribution >= 4 is 5.69 Å². The van der Waals surface area contributed by atoms with E-state index in [4.69, 9.17) is 4.74 Å². The largest absolute Gasteiger partial charge is 0.494 e. The van der Waals surface area contributed by atoms with Gasteiger partial charge in [0.15, 0.2) is 0 Å². The van der Waals surface area contributed by atoms with E-state index < -0.39 is 0 Å². The standard InChI is InChI=1S/C15H26N2O/c1-3-5-12-18-15-8-6-7-14(13-15)17-11-10-16-9-4-2/h6-8,13,16-17H,3-5,9-12H2,1-2H3. The van der Waals surface area contributed by atoms with Crippen molar-refractivity contribution in [3.05, 3.63) is 24.3 Å². The Labute approximate surface area is 111 Å². The van der Waals surface area contributed by atoms with Gasteiger partial charge in [0.2, 0.25) is 0 Å². The summed E-state index contributed by atoms with van der Waals surface area (Å²) in [4.78, 5) is 0. The molecular weight excluding hydrogens is 224 g/mol. The molecule has 1 rings (SSSR count). The highest BCUT2D eigenvalue weighted by molar-refractivity contribution is 5.48. The molecular formula is C15H26N2O. The van der Waals surface area contributed by atoms with E-state index in [1.807, 2.05) is 12.1 Å². The molecule has 3 nitrogen and oxygen atoms in total. The lowest BCUT2D eigenvalue weighted by molar-refractivity contribution is 0.309. The van der Waals surface area contributed by atoms with Gasteiger partial charge < -0.3 is 15.4 Å². The first-order valence-corrected chi connectivity index (χ1v) is 7.04. The molecule has 0 amide bonds. The molecule has 0 bridgehead atoms. The Kier molecular flexibility index (Phi) is 8.06. The fraction of sp³-hybridized carbons (Fsp3) is 0.600. The quantitative estimate of drug-likeness (QED) is 0.625. The van der Waals surface area contributed by atoms with Crippen molar-refractivity contribution in [3.63, 3.8) is 0 Å². The van der Waals surface area contributed by atoms with Gasteiger partial charge in [-0.2, -0.15) is 0 Å². The maximum Gasteiger partial charge on any atom is 0.121 e. The molecule has 2 N–H and O–H groups in total. The Morgan fingerprint density at radius 1 is 1.06 bits per heavy atom. The first-order valence-electron chi connectivity index (χ1n) is 7.04. The Hall–Kier alpha value is -1.22. The second-order valence-corrected chi connectivity index (χ2v) is 4.41. The predicted octanol–water partition coefficient (Wildman–Crippen LogP) is 3.28. The number of hydrogen-bond acceptors (Lipinski definition) is 3. The number of ether oxygens (including phenoxy) is 1. The lowest BCUT2D eigenvalue weighted by atomic mass is 10.3. The molecule has 0 fully saturated rings. The van der Waals surface area contributed by atoms with Gasteiger partial charge in [0.05, 0.1) is 6.61 Å². The van der Waals surface area contributed by atoms with Gasteiger partial charge in [-0.25, -0.2) is 0 Å². The highest BCUT2D eigenvalue weighted by Gasteiger charge is 1.96. The third-order valence-corrected chi connectivity index (χ3v) is 2.66. The zero-order valence-corrected chi connectivity index (χ0v) is 11.7. The first kappa shape index (κ1) is 14.8. The maximum absolute atomic E-state index is 5.68. The lowest BCUT2D eigenvalue weighted by Crippen LogP contribution is -2.22. The summed E-state index contributed by atoms with van der Waals surface area (Å²) in [5.74, 6) is 0.954. The van der Waals surface area contributed by atoms with E-state index in [1.165, 1.54) is 12.8 Å². The van der Waals surface area contributed by atoms with Crippen LogP contribution in [0.1, 0.15) is 33.1 Å². The minimum atomic E-state index is 0.804. The summed E-state index contributed by atoms with van der Waals surface area (Å²) in [6.45, 7) is 8.18. The van der Waals surface area contributed by atoms with Crippen molar-refractivity contribution in [1.82, 2.24) is 5.32 Å². The van der Waals surface area contributed by atoms with Crippen molar-refractivity contribution in [1.29, 1.82) is 0 Å². The molecule has 0 atom stereocenters. The number of hydrogen-bond donors (Lipinski definition) is 2. The molecule has 3 heteroatoms. The van der Waals surface area contributed by atoms with Crippen LogP contribution in [0.2, 0.25) is 0 Å². The maximum atomic E-state index is 5.68. The molecule has 1 aromatic carbocycles. The van der Waals surface area contributed by atoms with E-state index >= 15 is 0 Å². The van der Waals surface area contributed by atoms with Crippen LogP contribution >= 0.6 is 0 Å². The van der Waals surface area contributed by atoms with E-state index in [9.17, 15) is 0 Å². The van der Waals surface area contributed by atoms with E-state index in [2.05, 4.69) is 36.6 Å². The molecule has 18 heavy (non-hydrogen) atoms. The van der Waals surface area contributed by atoms with Gasteiger partial charge >= 0.3 is 0 Å². The molecule has 0 radical (unpaired) electrons. The molecule has 1 aromatic rings. The van der Waals surface area contributed by atoms with Crippen LogP contribution in [0.15, 0.2) is 24.3 Å². The third kappa shape index (κ3) is 6.50. The molecule has 0 aliphatic carbocycles. The normalized spacial score (nSPS) is 10.3. The number of anilines is 1. The van der Waals surface area contributed by atoms with Crippen molar-refractivity contribution in [3.8, 4) is 5.75 Å². The summed E-state index contributed by atoms with van der Waals surface area (Å²) in [5.41, 5.74) is 1.13. The number of benzene rings is 1. The van der Waals surface area contributed by atoms with E-state index in [1.54, 1.807) is 0 Å². The molecule has 0 aromatic heterocycles. The molecule has 0 unspecified atom stereocenters. The lowest BCUT2D eigenvalue weighted by Gasteiger charge is -2.10. The van der Waals surface area contributed by atoms with Crippen LogP contribution in [0.25, 0.3) is 0 Å². The van der Waals surface area contributed by atoms with Crippen LogP contribution in [0, 0.1) is 0 Å². The van der Waals surface area contributed by atoms with Crippen LogP contribution in [-0.4, -0.2) is 26.2 Å². The van der Waals surface area contributed by atoms with Crippen LogP contribution in [0.4, 0.5) is 5.69 Å².